The predicted molar refractivity (Wildman–Crippen MR) is 111 cm³/mol. The van der Waals surface area contributed by atoms with Gasteiger partial charge in [-0.25, -0.2) is 19.1 Å². The largest absolute Gasteiger partial charge is 0.481 e. The monoisotopic (exact) mass is 495 g/mol. The average molecular weight is 495 g/mol. The summed E-state index contributed by atoms with van der Waals surface area (Å²) in [7, 11) is -10.1. The topological polar surface area (TPSA) is 186 Å². The second-order valence-corrected chi connectivity index (χ2v) is 10.9. The highest BCUT2D eigenvalue weighted by Crippen LogP contribution is 2.57. The molecule has 0 bridgehead atoms. The van der Waals surface area contributed by atoms with Crippen LogP contribution in [0.3, 0.4) is 0 Å². The predicted octanol–water partition coefficient (Wildman–Crippen LogP) is 1.68. The summed E-state index contributed by atoms with van der Waals surface area (Å²) in [6.45, 7) is 6.93. The van der Waals surface area contributed by atoms with E-state index >= 15 is 0 Å². The summed E-state index contributed by atoms with van der Waals surface area (Å²) in [5.41, 5.74) is 7.33. The van der Waals surface area contributed by atoms with E-state index in [0.29, 0.717) is 32.8 Å². The number of Topliss-reactive ketones (excluding diaryl/α,β-unsaturated/α-hetero) is 1. The Morgan fingerprint density at radius 2 is 1.94 bits per heavy atom. The van der Waals surface area contributed by atoms with Crippen molar-refractivity contribution in [3.63, 3.8) is 0 Å². The molecule has 0 radical (unpaired) electrons. The van der Waals surface area contributed by atoms with Crippen LogP contribution in [0.1, 0.15) is 45.6 Å². The number of hydrogen-bond acceptors (Lipinski definition) is 9. The standard InChI is InChI=1S/C16H24N4O8P2S/c1-9(2)14(21)16-20(8-12-7-18-11(4)19-15(12)17)10(3)13(31-16)5-6-27-30(25,26)28-29(22,23)24/h7,9H,5-6,8H2,1-4H3,(H4-,17,18,19,22,23,24,25,26)/p+1. The molecule has 2 aromatic heterocycles. The number of rotatable bonds is 10. The minimum atomic E-state index is -5.19. The summed E-state index contributed by atoms with van der Waals surface area (Å²) in [6, 6.07) is 0. The molecule has 12 nitrogen and oxygen atoms in total. The number of aromatic nitrogens is 3. The van der Waals surface area contributed by atoms with Crippen molar-refractivity contribution in [2.75, 3.05) is 12.3 Å². The second kappa shape index (κ2) is 9.93. The molecule has 15 heteroatoms. The molecule has 0 saturated carbocycles. The summed E-state index contributed by atoms with van der Waals surface area (Å²) in [4.78, 5) is 48.5. The maximum Gasteiger partial charge on any atom is 0.481 e. The van der Waals surface area contributed by atoms with E-state index in [0.717, 1.165) is 0 Å². The number of hydrogen-bond donors (Lipinski definition) is 4. The van der Waals surface area contributed by atoms with E-state index in [9.17, 15) is 18.8 Å². The van der Waals surface area contributed by atoms with Gasteiger partial charge in [0, 0.05) is 25.5 Å². The number of carbonyl (C=O) groups excluding carboxylic acids is 1. The fourth-order valence-electron chi connectivity index (χ4n) is 2.62. The molecule has 0 aliphatic heterocycles. The number of phosphoric acid groups is 2. The summed E-state index contributed by atoms with van der Waals surface area (Å²) >= 11 is 1.20. The highest BCUT2D eigenvalue weighted by Gasteiger charge is 2.34. The molecular formula is C16H25N4O8P2S+. The van der Waals surface area contributed by atoms with Crippen molar-refractivity contribution >= 4 is 38.6 Å². The number of nitrogens with zero attached hydrogens (tertiary/aromatic N) is 3. The van der Waals surface area contributed by atoms with Gasteiger partial charge >= 0.3 is 20.7 Å². The number of phosphoric ester groups is 1. The van der Waals surface area contributed by atoms with Gasteiger partial charge in [-0.15, -0.1) is 0 Å². The van der Waals surface area contributed by atoms with Crippen molar-refractivity contribution in [2.24, 2.45) is 5.92 Å². The maximum absolute atomic E-state index is 12.8. The van der Waals surface area contributed by atoms with Crippen LogP contribution in [-0.2, 0) is 30.9 Å². The van der Waals surface area contributed by atoms with Crippen molar-refractivity contribution in [2.45, 2.75) is 40.7 Å². The van der Waals surface area contributed by atoms with Crippen LogP contribution in [0.4, 0.5) is 5.82 Å². The zero-order chi connectivity index (χ0) is 23.6. The van der Waals surface area contributed by atoms with Crippen LogP contribution in [0.15, 0.2) is 6.20 Å². The van der Waals surface area contributed by atoms with Gasteiger partial charge in [-0.1, -0.05) is 25.2 Å². The van der Waals surface area contributed by atoms with Crippen LogP contribution >= 0.6 is 27.0 Å². The third-order valence-corrected chi connectivity index (χ3v) is 7.69. The number of ketones is 1. The number of anilines is 1. The first-order chi connectivity index (χ1) is 14.2. The Bertz CT molecular complexity index is 1070. The van der Waals surface area contributed by atoms with Gasteiger partial charge in [-0.05, 0) is 6.92 Å². The van der Waals surface area contributed by atoms with Crippen LogP contribution < -0.4 is 10.3 Å². The van der Waals surface area contributed by atoms with Crippen LogP contribution in [0.25, 0.3) is 0 Å². The lowest BCUT2D eigenvalue weighted by molar-refractivity contribution is -0.691. The molecular weight excluding hydrogens is 470 g/mol. The van der Waals surface area contributed by atoms with Crippen molar-refractivity contribution in [1.29, 1.82) is 0 Å². The summed E-state index contributed by atoms with van der Waals surface area (Å²) in [5.74, 6) is 0.462. The molecule has 1 unspecified atom stereocenters. The molecule has 0 amide bonds. The Balaban J connectivity index is 2.29. The molecule has 0 aromatic carbocycles. The Morgan fingerprint density at radius 3 is 2.48 bits per heavy atom. The van der Waals surface area contributed by atoms with Gasteiger partial charge < -0.3 is 20.4 Å². The van der Waals surface area contributed by atoms with Gasteiger partial charge in [0.2, 0.25) is 5.78 Å². The van der Waals surface area contributed by atoms with E-state index in [2.05, 4.69) is 18.8 Å². The van der Waals surface area contributed by atoms with E-state index in [1.54, 1.807) is 38.5 Å². The van der Waals surface area contributed by atoms with Crippen LogP contribution in [-0.4, -0.2) is 37.0 Å². The molecule has 2 rings (SSSR count). The van der Waals surface area contributed by atoms with Gasteiger partial charge in [0.25, 0.3) is 0 Å². The summed E-state index contributed by atoms with van der Waals surface area (Å²) in [5, 5.41) is 0.459. The third-order valence-electron chi connectivity index (χ3n) is 4.15. The number of nitrogen functional groups attached to an aromatic ring is 1. The molecule has 2 aromatic rings. The number of nitrogens with two attached hydrogens (primary N) is 1. The smallest absolute Gasteiger partial charge is 0.383 e. The zero-order valence-electron chi connectivity index (χ0n) is 17.4. The SMILES string of the molecule is Cc1ncc(C[n+]2c(C(=O)C(C)C)sc(CCOP(=O)(O)OP(=O)(O)O)c2C)c(N)n1. The fraction of sp³-hybridized carbons (Fsp3) is 0.500. The first kappa shape index (κ1) is 25.7. The molecule has 2 heterocycles. The molecule has 5 N–H and O–H groups in total. The lowest BCUT2D eigenvalue weighted by Crippen LogP contribution is -2.42. The lowest BCUT2D eigenvalue weighted by Gasteiger charge is -2.11. The summed E-state index contributed by atoms with van der Waals surface area (Å²) < 4.78 is 32.5. The number of carbonyl (C=O) groups is 1. The highest BCUT2D eigenvalue weighted by atomic mass is 32.1. The minimum absolute atomic E-state index is 0.0930. The first-order valence-electron chi connectivity index (χ1n) is 9.08. The van der Waals surface area contributed by atoms with Crippen LogP contribution in [0.2, 0.25) is 0 Å². The van der Waals surface area contributed by atoms with Gasteiger partial charge in [0.05, 0.1) is 17.0 Å². The van der Waals surface area contributed by atoms with E-state index in [4.69, 9.17) is 15.5 Å². The Labute approximate surface area is 182 Å². The van der Waals surface area contributed by atoms with E-state index in [1.165, 1.54) is 11.3 Å². The van der Waals surface area contributed by atoms with Crippen LogP contribution in [0, 0.1) is 19.8 Å². The molecule has 1 atom stereocenters. The molecule has 0 spiro atoms. The van der Waals surface area contributed by atoms with E-state index in [1.807, 2.05) is 0 Å². The lowest BCUT2D eigenvalue weighted by atomic mass is 10.1. The van der Waals surface area contributed by atoms with E-state index in [-0.39, 0.29) is 31.3 Å². The van der Waals surface area contributed by atoms with Crippen LogP contribution in [0.5, 0.6) is 0 Å². The molecule has 0 saturated heterocycles. The number of aryl methyl sites for hydroxylation is 1. The first-order valence-corrected chi connectivity index (χ1v) is 12.9. The molecule has 31 heavy (non-hydrogen) atoms. The van der Waals surface area contributed by atoms with Crippen molar-refractivity contribution in [3.8, 4) is 0 Å². The maximum atomic E-state index is 12.8. The number of thiazole rings is 1. The van der Waals surface area contributed by atoms with Gasteiger partial charge in [0.15, 0.2) is 12.2 Å². The highest BCUT2D eigenvalue weighted by molar-refractivity contribution is 7.60. The van der Waals surface area contributed by atoms with Gasteiger partial charge in [-0.3, -0.25) is 9.32 Å². The molecule has 0 aliphatic carbocycles. The van der Waals surface area contributed by atoms with Gasteiger partial charge in [0.1, 0.15) is 11.6 Å². The van der Waals surface area contributed by atoms with E-state index < -0.39 is 15.6 Å². The van der Waals surface area contributed by atoms with Crippen molar-refractivity contribution in [3.05, 3.63) is 33.2 Å². The Kier molecular flexibility index (Phi) is 8.23. The minimum Gasteiger partial charge on any atom is -0.383 e. The molecule has 172 valence electrons. The normalized spacial score (nSPS) is 14.1. The molecule has 0 fully saturated rings. The summed E-state index contributed by atoms with van der Waals surface area (Å²) in [6.07, 6.45) is 1.70. The Morgan fingerprint density at radius 1 is 1.29 bits per heavy atom. The van der Waals surface area contributed by atoms with Gasteiger partial charge in [-0.2, -0.15) is 8.88 Å². The average Bonchev–Trinajstić information content (AvgIpc) is 2.90. The fourth-order valence-corrected chi connectivity index (χ4v) is 5.53. The van der Waals surface area contributed by atoms with Crippen molar-refractivity contribution in [1.82, 2.24) is 9.97 Å². The Hall–Kier alpha value is -1.56. The van der Waals surface area contributed by atoms with Crippen molar-refractivity contribution < 1.29 is 42.0 Å². The molecule has 0 aliphatic rings. The zero-order valence-corrected chi connectivity index (χ0v) is 20.0. The third kappa shape index (κ3) is 7.23. The quantitative estimate of drug-likeness (QED) is 0.213. The second-order valence-electron chi connectivity index (χ2n) is 6.97.